The van der Waals surface area contributed by atoms with Crippen molar-refractivity contribution >= 4 is 17.5 Å². The van der Waals surface area contributed by atoms with Gasteiger partial charge in [-0.1, -0.05) is 0 Å². The van der Waals surface area contributed by atoms with E-state index in [1.54, 1.807) is 0 Å². The number of anilines is 1. The highest BCUT2D eigenvalue weighted by molar-refractivity contribution is 6.00. The molecule has 1 aromatic heterocycles. The fourth-order valence-corrected chi connectivity index (χ4v) is 1.72. The molecule has 2 heterocycles. The van der Waals surface area contributed by atoms with Crippen LogP contribution in [0, 0.1) is 11.7 Å². The molecule has 5 nitrogen and oxygen atoms in total. The number of carbonyl (C=O) groups is 2. The van der Waals surface area contributed by atoms with E-state index in [1.807, 2.05) is 0 Å². The second-order valence-electron chi connectivity index (χ2n) is 3.63. The summed E-state index contributed by atoms with van der Waals surface area (Å²) in [5, 5.41) is 0. The third-order valence-electron chi connectivity index (χ3n) is 2.57. The van der Waals surface area contributed by atoms with Crippen molar-refractivity contribution in [2.45, 2.75) is 6.42 Å². The van der Waals surface area contributed by atoms with Crippen molar-refractivity contribution in [3.8, 4) is 0 Å². The Hall–Kier alpha value is -1.98. The highest BCUT2D eigenvalue weighted by Gasteiger charge is 2.34. The monoisotopic (exact) mass is 223 g/mol. The first-order valence-electron chi connectivity index (χ1n) is 4.79. The SMILES string of the molecule is NC(=O)C1CC(=O)N(c2ccncc2F)C1. The second-order valence-corrected chi connectivity index (χ2v) is 3.63. The second kappa shape index (κ2) is 3.88. The minimum absolute atomic E-state index is 0.0388. The van der Waals surface area contributed by atoms with E-state index in [1.165, 1.54) is 17.2 Å². The van der Waals surface area contributed by atoms with Crippen LogP contribution in [-0.4, -0.2) is 23.3 Å². The Labute approximate surface area is 91.1 Å². The van der Waals surface area contributed by atoms with Crippen LogP contribution in [0.15, 0.2) is 18.5 Å². The molecular weight excluding hydrogens is 213 g/mol. The largest absolute Gasteiger partial charge is 0.369 e. The van der Waals surface area contributed by atoms with Crippen LogP contribution in [0.3, 0.4) is 0 Å². The predicted molar refractivity (Wildman–Crippen MR) is 53.8 cm³/mol. The summed E-state index contributed by atoms with van der Waals surface area (Å²) in [4.78, 5) is 27.3. The lowest BCUT2D eigenvalue weighted by Gasteiger charge is -2.16. The van der Waals surface area contributed by atoms with Crippen molar-refractivity contribution < 1.29 is 14.0 Å². The Kier molecular flexibility index (Phi) is 2.55. The number of primary amides is 1. The van der Waals surface area contributed by atoms with Crippen molar-refractivity contribution in [2.75, 3.05) is 11.4 Å². The molecule has 1 unspecified atom stereocenters. The average Bonchev–Trinajstić information content (AvgIpc) is 2.61. The fraction of sp³-hybridized carbons (Fsp3) is 0.300. The quantitative estimate of drug-likeness (QED) is 0.770. The lowest BCUT2D eigenvalue weighted by atomic mass is 10.1. The summed E-state index contributed by atoms with van der Waals surface area (Å²) in [6, 6.07) is 1.40. The van der Waals surface area contributed by atoms with Gasteiger partial charge in [0.05, 0.1) is 17.8 Å². The highest BCUT2D eigenvalue weighted by Crippen LogP contribution is 2.26. The van der Waals surface area contributed by atoms with Crippen LogP contribution in [0.2, 0.25) is 0 Å². The van der Waals surface area contributed by atoms with Gasteiger partial charge in [-0.25, -0.2) is 4.39 Å². The van der Waals surface area contributed by atoms with Gasteiger partial charge in [-0.05, 0) is 6.07 Å². The van der Waals surface area contributed by atoms with Crippen LogP contribution in [0.1, 0.15) is 6.42 Å². The van der Waals surface area contributed by atoms with Gasteiger partial charge < -0.3 is 10.6 Å². The van der Waals surface area contributed by atoms with Gasteiger partial charge in [0.1, 0.15) is 0 Å². The first-order valence-corrected chi connectivity index (χ1v) is 4.79. The van der Waals surface area contributed by atoms with Gasteiger partial charge in [0.15, 0.2) is 5.82 Å². The Bertz CT molecular complexity index is 449. The lowest BCUT2D eigenvalue weighted by Crippen LogP contribution is -2.29. The summed E-state index contributed by atoms with van der Waals surface area (Å²) in [6.45, 7) is 0.134. The molecule has 6 heteroatoms. The maximum absolute atomic E-state index is 13.4. The topological polar surface area (TPSA) is 76.3 Å². The first-order chi connectivity index (χ1) is 7.59. The van der Waals surface area contributed by atoms with Crippen molar-refractivity contribution in [3.63, 3.8) is 0 Å². The smallest absolute Gasteiger partial charge is 0.227 e. The molecule has 0 saturated carbocycles. The third-order valence-corrected chi connectivity index (χ3v) is 2.57. The normalized spacial score (nSPS) is 20.2. The van der Waals surface area contributed by atoms with Gasteiger partial charge in [0.2, 0.25) is 11.8 Å². The third kappa shape index (κ3) is 1.73. The molecule has 1 fully saturated rings. The zero-order chi connectivity index (χ0) is 11.7. The number of hydrogen-bond donors (Lipinski definition) is 1. The summed E-state index contributed by atoms with van der Waals surface area (Å²) in [6.07, 6.45) is 2.46. The standard InChI is InChI=1S/C10H10FN3O2/c11-7-4-13-2-1-8(7)14-5-6(10(12)16)3-9(14)15/h1-2,4,6H,3,5H2,(H2,12,16). The van der Waals surface area contributed by atoms with Crippen LogP contribution >= 0.6 is 0 Å². The summed E-state index contributed by atoms with van der Waals surface area (Å²) < 4.78 is 13.4. The molecule has 1 aromatic rings. The number of halogens is 1. The van der Waals surface area contributed by atoms with Crippen LogP contribution in [-0.2, 0) is 9.59 Å². The molecule has 1 atom stereocenters. The zero-order valence-corrected chi connectivity index (χ0v) is 8.39. The van der Waals surface area contributed by atoms with Crippen molar-refractivity contribution in [1.29, 1.82) is 0 Å². The van der Waals surface area contributed by atoms with Crippen LogP contribution in [0.4, 0.5) is 10.1 Å². The lowest BCUT2D eigenvalue weighted by molar-refractivity contribution is -0.123. The maximum Gasteiger partial charge on any atom is 0.227 e. The Morgan fingerprint density at radius 3 is 2.94 bits per heavy atom. The molecule has 2 N–H and O–H groups in total. The Morgan fingerprint density at radius 2 is 2.38 bits per heavy atom. The van der Waals surface area contributed by atoms with Gasteiger partial charge in [0.25, 0.3) is 0 Å². The molecule has 0 aromatic carbocycles. The molecule has 16 heavy (non-hydrogen) atoms. The number of carbonyl (C=O) groups excluding carboxylic acids is 2. The van der Waals surface area contributed by atoms with Gasteiger partial charge in [-0.3, -0.25) is 14.6 Å². The summed E-state index contributed by atoms with van der Waals surface area (Å²) in [7, 11) is 0. The van der Waals surface area contributed by atoms with E-state index >= 15 is 0 Å². The number of nitrogens with two attached hydrogens (primary N) is 1. The van der Waals surface area contributed by atoms with Gasteiger partial charge in [0, 0.05) is 19.2 Å². The molecule has 0 bridgehead atoms. The molecule has 2 rings (SSSR count). The molecule has 0 spiro atoms. The van der Waals surface area contributed by atoms with Crippen molar-refractivity contribution in [3.05, 3.63) is 24.3 Å². The average molecular weight is 223 g/mol. The number of nitrogens with zero attached hydrogens (tertiary/aromatic N) is 2. The number of amides is 2. The molecular formula is C10H10FN3O2. The summed E-state index contributed by atoms with van der Waals surface area (Å²) in [5.41, 5.74) is 5.26. The Morgan fingerprint density at radius 1 is 1.62 bits per heavy atom. The van der Waals surface area contributed by atoms with E-state index in [2.05, 4.69) is 4.98 Å². The van der Waals surface area contributed by atoms with E-state index in [-0.39, 0.29) is 24.6 Å². The minimum Gasteiger partial charge on any atom is -0.369 e. The molecule has 1 aliphatic heterocycles. The van der Waals surface area contributed by atoms with E-state index in [0.29, 0.717) is 0 Å². The van der Waals surface area contributed by atoms with Gasteiger partial charge in [-0.2, -0.15) is 0 Å². The fourth-order valence-electron chi connectivity index (χ4n) is 1.72. The molecule has 0 aliphatic carbocycles. The molecule has 2 amide bonds. The van der Waals surface area contributed by atoms with Crippen LogP contribution in [0.5, 0.6) is 0 Å². The van der Waals surface area contributed by atoms with Gasteiger partial charge in [-0.15, -0.1) is 0 Å². The van der Waals surface area contributed by atoms with Gasteiger partial charge >= 0.3 is 0 Å². The minimum atomic E-state index is -0.582. The number of pyridine rings is 1. The number of hydrogen-bond acceptors (Lipinski definition) is 3. The summed E-state index contributed by atoms with van der Waals surface area (Å²) in [5.74, 6) is -1.96. The zero-order valence-electron chi connectivity index (χ0n) is 8.39. The molecule has 0 radical (unpaired) electrons. The first kappa shape index (κ1) is 10.5. The van der Waals surface area contributed by atoms with Crippen molar-refractivity contribution in [2.24, 2.45) is 11.7 Å². The molecule has 1 saturated heterocycles. The van der Waals surface area contributed by atoms with E-state index in [0.717, 1.165) is 6.20 Å². The maximum atomic E-state index is 13.4. The molecule has 84 valence electrons. The van der Waals surface area contributed by atoms with Crippen LogP contribution < -0.4 is 10.6 Å². The van der Waals surface area contributed by atoms with E-state index < -0.39 is 17.6 Å². The predicted octanol–water partition coefficient (Wildman–Crippen LogP) is 0.0589. The van der Waals surface area contributed by atoms with Crippen LogP contribution in [0.25, 0.3) is 0 Å². The molecule has 1 aliphatic rings. The van der Waals surface area contributed by atoms with E-state index in [4.69, 9.17) is 5.73 Å². The highest BCUT2D eigenvalue weighted by atomic mass is 19.1. The number of aromatic nitrogens is 1. The number of rotatable bonds is 2. The Balaban J connectivity index is 2.27. The van der Waals surface area contributed by atoms with Crippen molar-refractivity contribution in [1.82, 2.24) is 4.98 Å². The van der Waals surface area contributed by atoms with E-state index in [9.17, 15) is 14.0 Å². The summed E-state index contributed by atoms with van der Waals surface area (Å²) >= 11 is 0.